The van der Waals surface area contributed by atoms with Crippen LogP contribution in [0.15, 0.2) is 53.4 Å². The SMILES string of the molecule is O=C(O)CCc1cccc(NC(=O)C2CCSc3ccccc32)c1. The fourth-order valence-corrected chi connectivity index (χ4v) is 4.02. The molecule has 24 heavy (non-hydrogen) atoms. The topological polar surface area (TPSA) is 66.4 Å². The van der Waals surface area contributed by atoms with E-state index in [1.54, 1.807) is 11.8 Å². The van der Waals surface area contributed by atoms with Crippen molar-refractivity contribution in [2.75, 3.05) is 11.1 Å². The molecule has 0 aromatic heterocycles. The van der Waals surface area contributed by atoms with Gasteiger partial charge in [0, 0.05) is 17.0 Å². The van der Waals surface area contributed by atoms with E-state index in [4.69, 9.17) is 5.11 Å². The zero-order chi connectivity index (χ0) is 16.9. The van der Waals surface area contributed by atoms with E-state index in [0.29, 0.717) is 6.42 Å². The Morgan fingerprint density at radius 1 is 1.17 bits per heavy atom. The number of anilines is 1. The predicted octanol–water partition coefficient (Wildman–Crippen LogP) is 3.92. The lowest BCUT2D eigenvalue weighted by Gasteiger charge is -2.24. The molecule has 1 heterocycles. The van der Waals surface area contributed by atoms with Crippen molar-refractivity contribution in [3.05, 3.63) is 59.7 Å². The number of thioether (sulfide) groups is 1. The van der Waals surface area contributed by atoms with Gasteiger partial charge in [-0.15, -0.1) is 11.8 Å². The van der Waals surface area contributed by atoms with Gasteiger partial charge in [-0.1, -0.05) is 30.3 Å². The number of carboxylic acids is 1. The van der Waals surface area contributed by atoms with Crippen molar-refractivity contribution >= 4 is 29.3 Å². The van der Waals surface area contributed by atoms with Crippen LogP contribution in [0.4, 0.5) is 5.69 Å². The summed E-state index contributed by atoms with van der Waals surface area (Å²) < 4.78 is 0. The Kier molecular flexibility index (Phi) is 5.20. The van der Waals surface area contributed by atoms with Crippen molar-refractivity contribution in [3.63, 3.8) is 0 Å². The second-order valence-electron chi connectivity index (χ2n) is 5.81. The van der Waals surface area contributed by atoms with Gasteiger partial charge in [0.05, 0.1) is 5.92 Å². The van der Waals surface area contributed by atoms with E-state index in [1.807, 2.05) is 42.5 Å². The second kappa shape index (κ2) is 7.53. The molecule has 1 aliphatic heterocycles. The van der Waals surface area contributed by atoms with Crippen LogP contribution in [-0.4, -0.2) is 22.7 Å². The Bertz CT molecular complexity index is 760. The van der Waals surface area contributed by atoms with Crippen molar-refractivity contribution in [3.8, 4) is 0 Å². The van der Waals surface area contributed by atoms with Crippen LogP contribution in [0, 0.1) is 0 Å². The third kappa shape index (κ3) is 3.97. The van der Waals surface area contributed by atoms with Gasteiger partial charge in [0.25, 0.3) is 0 Å². The molecule has 0 fully saturated rings. The first kappa shape index (κ1) is 16.6. The standard InChI is InChI=1S/C19H19NO3S/c21-18(22)9-8-13-4-3-5-14(12-13)20-19(23)16-10-11-24-17-7-2-1-6-15(16)17/h1-7,12,16H,8-11H2,(H,20,23)(H,21,22). The molecule has 0 saturated heterocycles. The molecule has 3 rings (SSSR count). The molecule has 2 N–H and O–H groups in total. The molecule has 0 bridgehead atoms. The number of hydrogen-bond donors (Lipinski definition) is 2. The highest BCUT2D eigenvalue weighted by atomic mass is 32.2. The lowest BCUT2D eigenvalue weighted by atomic mass is 9.95. The van der Waals surface area contributed by atoms with Gasteiger partial charge in [-0.05, 0) is 47.9 Å². The summed E-state index contributed by atoms with van der Waals surface area (Å²) >= 11 is 1.79. The van der Waals surface area contributed by atoms with E-state index in [9.17, 15) is 9.59 Å². The first-order valence-corrected chi connectivity index (χ1v) is 8.95. The number of carboxylic acid groups (broad SMARTS) is 1. The van der Waals surface area contributed by atoms with E-state index >= 15 is 0 Å². The van der Waals surface area contributed by atoms with E-state index in [0.717, 1.165) is 29.0 Å². The molecule has 5 heteroatoms. The molecule has 2 aromatic rings. The number of aryl methyl sites for hydroxylation is 1. The van der Waals surface area contributed by atoms with Crippen LogP contribution in [0.25, 0.3) is 0 Å². The Morgan fingerprint density at radius 3 is 2.83 bits per heavy atom. The number of amides is 1. The minimum Gasteiger partial charge on any atom is -0.481 e. The number of aliphatic carboxylic acids is 1. The van der Waals surface area contributed by atoms with Crippen LogP contribution in [-0.2, 0) is 16.0 Å². The van der Waals surface area contributed by atoms with Gasteiger partial charge >= 0.3 is 5.97 Å². The van der Waals surface area contributed by atoms with E-state index in [-0.39, 0.29) is 18.2 Å². The zero-order valence-corrected chi connectivity index (χ0v) is 14.0. The summed E-state index contributed by atoms with van der Waals surface area (Å²) in [6, 6.07) is 15.5. The number of hydrogen-bond acceptors (Lipinski definition) is 3. The monoisotopic (exact) mass is 341 g/mol. The van der Waals surface area contributed by atoms with Crippen molar-refractivity contribution in [2.24, 2.45) is 0 Å². The number of rotatable bonds is 5. The summed E-state index contributed by atoms with van der Waals surface area (Å²) in [5.74, 6) is -0.0164. The lowest BCUT2D eigenvalue weighted by Crippen LogP contribution is -2.24. The summed E-state index contributed by atoms with van der Waals surface area (Å²) in [6.45, 7) is 0. The highest BCUT2D eigenvalue weighted by molar-refractivity contribution is 7.99. The van der Waals surface area contributed by atoms with Crippen LogP contribution in [0.3, 0.4) is 0 Å². The molecule has 4 nitrogen and oxygen atoms in total. The van der Waals surface area contributed by atoms with E-state index in [1.165, 1.54) is 4.90 Å². The molecular weight excluding hydrogens is 322 g/mol. The summed E-state index contributed by atoms with van der Waals surface area (Å²) in [6.07, 6.45) is 1.37. The molecule has 124 valence electrons. The first-order chi connectivity index (χ1) is 11.6. The van der Waals surface area contributed by atoms with E-state index < -0.39 is 5.97 Å². The Hall–Kier alpha value is -2.27. The third-order valence-corrected chi connectivity index (χ3v) is 5.22. The second-order valence-corrected chi connectivity index (χ2v) is 6.95. The molecule has 1 aliphatic rings. The summed E-state index contributed by atoms with van der Waals surface area (Å²) in [5.41, 5.74) is 2.72. The van der Waals surface area contributed by atoms with Gasteiger partial charge in [-0.25, -0.2) is 0 Å². The molecule has 0 saturated carbocycles. The van der Waals surface area contributed by atoms with Crippen LogP contribution in [0.5, 0.6) is 0 Å². The largest absolute Gasteiger partial charge is 0.481 e. The highest BCUT2D eigenvalue weighted by Gasteiger charge is 2.26. The molecule has 2 aromatic carbocycles. The molecule has 1 amide bonds. The number of carbonyl (C=O) groups excluding carboxylic acids is 1. The smallest absolute Gasteiger partial charge is 0.303 e. The first-order valence-electron chi connectivity index (χ1n) is 7.97. The predicted molar refractivity (Wildman–Crippen MR) is 95.6 cm³/mol. The minimum atomic E-state index is -0.819. The molecule has 0 aliphatic carbocycles. The van der Waals surface area contributed by atoms with Crippen LogP contribution in [0.1, 0.15) is 29.9 Å². The lowest BCUT2D eigenvalue weighted by molar-refractivity contribution is -0.137. The molecule has 0 spiro atoms. The number of fused-ring (bicyclic) bond motifs is 1. The zero-order valence-electron chi connectivity index (χ0n) is 13.2. The Morgan fingerprint density at radius 2 is 2.00 bits per heavy atom. The summed E-state index contributed by atoms with van der Waals surface area (Å²) in [5, 5.41) is 11.8. The normalized spacial score (nSPS) is 16.2. The number of nitrogens with one attached hydrogen (secondary N) is 1. The number of carbonyl (C=O) groups is 2. The van der Waals surface area contributed by atoms with Gasteiger partial charge in [0.15, 0.2) is 0 Å². The number of benzene rings is 2. The van der Waals surface area contributed by atoms with Gasteiger partial charge in [-0.2, -0.15) is 0 Å². The maximum absolute atomic E-state index is 12.7. The Balaban J connectivity index is 1.72. The fourth-order valence-electron chi connectivity index (χ4n) is 2.90. The van der Waals surface area contributed by atoms with Gasteiger partial charge in [-0.3, -0.25) is 9.59 Å². The average Bonchev–Trinajstić information content (AvgIpc) is 2.60. The van der Waals surface area contributed by atoms with Crippen molar-refractivity contribution in [1.82, 2.24) is 0 Å². The van der Waals surface area contributed by atoms with Crippen molar-refractivity contribution < 1.29 is 14.7 Å². The highest BCUT2D eigenvalue weighted by Crippen LogP contribution is 2.37. The average molecular weight is 341 g/mol. The fraction of sp³-hybridized carbons (Fsp3) is 0.263. The minimum absolute atomic E-state index is 0.00173. The van der Waals surface area contributed by atoms with Crippen LogP contribution < -0.4 is 5.32 Å². The third-order valence-electron chi connectivity index (χ3n) is 4.10. The summed E-state index contributed by atoms with van der Waals surface area (Å²) in [7, 11) is 0. The van der Waals surface area contributed by atoms with Gasteiger partial charge in [0.2, 0.25) is 5.91 Å². The quantitative estimate of drug-likeness (QED) is 0.865. The van der Waals surface area contributed by atoms with Gasteiger partial charge < -0.3 is 10.4 Å². The van der Waals surface area contributed by atoms with Crippen LogP contribution in [0.2, 0.25) is 0 Å². The molecule has 1 unspecified atom stereocenters. The molecule has 1 atom stereocenters. The molecule has 0 radical (unpaired) electrons. The van der Waals surface area contributed by atoms with Crippen molar-refractivity contribution in [1.29, 1.82) is 0 Å². The van der Waals surface area contributed by atoms with E-state index in [2.05, 4.69) is 11.4 Å². The van der Waals surface area contributed by atoms with Crippen molar-refractivity contribution in [2.45, 2.75) is 30.1 Å². The maximum atomic E-state index is 12.7. The summed E-state index contributed by atoms with van der Waals surface area (Å²) in [4.78, 5) is 24.6. The molecular formula is C19H19NO3S. The van der Waals surface area contributed by atoms with Crippen LogP contribution >= 0.6 is 11.8 Å². The maximum Gasteiger partial charge on any atom is 0.303 e. The Labute approximate surface area is 145 Å². The van der Waals surface area contributed by atoms with Gasteiger partial charge in [0.1, 0.15) is 0 Å².